The maximum Gasteiger partial charge on any atom is 0.265 e. The summed E-state index contributed by atoms with van der Waals surface area (Å²) in [6, 6.07) is 1.92. The number of carbonyl (C=O) groups excluding carboxylic acids is 1. The first-order chi connectivity index (χ1) is 12.7. The van der Waals surface area contributed by atoms with Gasteiger partial charge in [0, 0.05) is 45.6 Å². The molecule has 0 bridgehead atoms. The maximum absolute atomic E-state index is 12.0. The summed E-state index contributed by atoms with van der Waals surface area (Å²) in [5, 5.41) is 15.4. The predicted molar refractivity (Wildman–Crippen MR) is 94.5 cm³/mol. The topological polar surface area (TPSA) is 98.3 Å². The van der Waals surface area contributed by atoms with E-state index in [1.54, 1.807) is 0 Å². The lowest BCUT2D eigenvalue weighted by atomic mass is 10.3. The monoisotopic (exact) mass is 362 g/mol. The summed E-state index contributed by atoms with van der Waals surface area (Å²) < 4.78 is 12.8. The number of aromatic nitrogens is 4. The Labute approximate surface area is 152 Å². The smallest absolute Gasteiger partial charge is 0.265 e. The second-order valence-electron chi connectivity index (χ2n) is 6.29. The van der Waals surface area contributed by atoms with Crippen LogP contribution >= 0.6 is 0 Å². The zero-order valence-electron chi connectivity index (χ0n) is 15.4. The zero-order chi connectivity index (χ0) is 18.4. The van der Waals surface area contributed by atoms with Gasteiger partial charge in [0.25, 0.3) is 5.89 Å². The van der Waals surface area contributed by atoms with Gasteiger partial charge in [-0.3, -0.25) is 14.4 Å². The van der Waals surface area contributed by atoms with Crippen molar-refractivity contribution < 1.29 is 13.9 Å². The molecule has 1 amide bonds. The van der Waals surface area contributed by atoms with Gasteiger partial charge in [-0.1, -0.05) is 0 Å². The van der Waals surface area contributed by atoms with Crippen LogP contribution in [0.2, 0.25) is 0 Å². The minimum Gasteiger partial charge on any atom is -0.419 e. The number of carbonyl (C=O) groups is 1. The Morgan fingerprint density at radius 1 is 1.31 bits per heavy atom. The molecule has 142 valence electrons. The minimum atomic E-state index is -0.00699. The van der Waals surface area contributed by atoms with Crippen molar-refractivity contribution in [2.24, 2.45) is 0 Å². The van der Waals surface area contributed by atoms with Crippen molar-refractivity contribution in [2.75, 3.05) is 39.4 Å². The van der Waals surface area contributed by atoms with Crippen molar-refractivity contribution in [2.45, 2.75) is 33.2 Å². The molecule has 0 radical (unpaired) electrons. The third kappa shape index (κ3) is 4.89. The highest BCUT2D eigenvalue weighted by atomic mass is 16.5. The Bertz CT molecular complexity index is 720. The van der Waals surface area contributed by atoms with Gasteiger partial charge in [0.1, 0.15) is 5.69 Å². The second kappa shape index (κ2) is 8.91. The van der Waals surface area contributed by atoms with Gasteiger partial charge in [-0.05, 0) is 19.9 Å². The highest BCUT2D eigenvalue weighted by Gasteiger charge is 2.15. The van der Waals surface area contributed by atoms with E-state index in [-0.39, 0.29) is 5.91 Å². The van der Waals surface area contributed by atoms with Crippen LogP contribution in [0, 0.1) is 6.92 Å². The summed E-state index contributed by atoms with van der Waals surface area (Å²) in [6.07, 6.45) is 0.756. The summed E-state index contributed by atoms with van der Waals surface area (Å²) in [7, 11) is 0. The van der Waals surface area contributed by atoms with Crippen LogP contribution in [0.15, 0.2) is 10.5 Å². The van der Waals surface area contributed by atoms with Crippen LogP contribution in [-0.4, -0.2) is 70.2 Å². The van der Waals surface area contributed by atoms with Crippen molar-refractivity contribution in [3.05, 3.63) is 17.7 Å². The van der Waals surface area contributed by atoms with Gasteiger partial charge in [-0.25, -0.2) is 0 Å². The van der Waals surface area contributed by atoms with E-state index < -0.39 is 0 Å². The third-order valence-electron chi connectivity index (χ3n) is 4.31. The number of ether oxygens (including phenoxy) is 1. The summed E-state index contributed by atoms with van der Waals surface area (Å²) >= 11 is 0. The van der Waals surface area contributed by atoms with E-state index in [1.165, 1.54) is 0 Å². The number of rotatable bonds is 8. The summed E-state index contributed by atoms with van der Waals surface area (Å²) in [5.41, 5.74) is 1.71. The molecule has 1 N–H and O–H groups in total. The first kappa shape index (κ1) is 18.5. The van der Waals surface area contributed by atoms with Gasteiger partial charge in [0.15, 0.2) is 0 Å². The Balaban J connectivity index is 1.43. The third-order valence-corrected chi connectivity index (χ3v) is 4.31. The van der Waals surface area contributed by atoms with Gasteiger partial charge in [-0.2, -0.15) is 5.10 Å². The Morgan fingerprint density at radius 3 is 2.88 bits per heavy atom. The molecule has 9 nitrogen and oxygen atoms in total. The lowest BCUT2D eigenvalue weighted by Crippen LogP contribution is -2.41. The highest BCUT2D eigenvalue weighted by molar-refractivity contribution is 5.76. The van der Waals surface area contributed by atoms with Gasteiger partial charge in [0.05, 0.1) is 18.9 Å². The normalized spacial score (nSPS) is 15.3. The molecule has 2 aromatic heterocycles. The molecule has 0 unspecified atom stereocenters. The van der Waals surface area contributed by atoms with Crippen LogP contribution in [-0.2, 0) is 22.5 Å². The van der Waals surface area contributed by atoms with Crippen LogP contribution in [0.3, 0.4) is 0 Å². The molecule has 1 fully saturated rings. The van der Waals surface area contributed by atoms with E-state index in [0.717, 1.165) is 50.8 Å². The lowest BCUT2D eigenvalue weighted by molar-refractivity contribution is -0.121. The second-order valence-corrected chi connectivity index (χ2v) is 6.29. The minimum absolute atomic E-state index is 0.00699. The maximum atomic E-state index is 12.0. The van der Waals surface area contributed by atoms with Crippen molar-refractivity contribution in [1.29, 1.82) is 0 Å². The molecule has 3 heterocycles. The standard InChI is InChI=1S/C17H26N6O3/c1-3-23-14(12-13(2)21-23)17-20-19-16(26-17)5-4-15(24)18-6-7-22-8-10-25-11-9-22/h12H,3-11H2,1-2H3,(H,18,24). The molecule has 2 aromatic rings. The molecular weight excluding hydrogens is 336 g/mol. The number of aryl methyl sites for hydroxylation is 3. The number of morpholine rings is 1. The average molecular weight is 362 g/mol. The van der Waals surface area contributed by atoms with E-state index >= 15 is 0 Å². The Morgan fingerprint density at radius 2 is 2.12 bits per heavy atom. The van der Waals surface area contributed by atoms with E-state index in [2.05, 4.69) is 25.5 Å². The molecule has 0 aliphatic carbocycles. The molecule has 0 saturated carbocycles. The van der Waals surface area contributed by atoms with E-state index in [0.29, 0.717) is 31.2 Å². The zero-order valence-corrected chi connectivity index (χ0v) is 15.4. The van der Waals surface area contributed by atoms with Crippen molar-refractivity contribution in [3.8, 4) is 11.6 Å². The molecule has 26 heavy (non-hydrogen) atoms. The van der Waals surface area contributed by atoms with E-state index in [9.17, 15) is 4.79 Å². The number of nitrogens with zero attached hydrogens (tertiary/aromatic N) is 5. The number of hydrogen-bond donors (Lipinski definition) is 1. The van der Waals surface area contributed by atoms with Crippen molar-refractivity contribution in [3.63, 3.8) is 0 Å². The molecule has 3 rings (SSSR count). The number of nitrogens with one attached hydrogen (secondary N) is 1. The van der Waals surface area contributed by atoms with E-state index in [4.69, 9.17) is 9.15 Å². The first-order valence-electron chi connectivity index (χ1n) is 9.09. The quantitative estimate of drug-likeness (QED) is 0.736. The van der Waals surface area contributed by atoms with Gasteiger partial charge < -0.3 is 14.5 Å². The van der Waals surface area contributed by atoms with Crippen LogP contribution in [0.5, 0.6) is 0 Å². The van der Waals surface area contributed by atoms with Crippen molar-refractivity contribution in [1.82, 2.24) is 30.2 Å². The Hall–Kier alpha value is -2.26. The SMILES string of the molecule is CCn1nc(C)cc1-c1nnc(CCC(=O)NCCN2CCOCC2)o1. The van der Waals surface area contributed by atoms with Crippen molar-refractivity contribution >= 4 is 5.91 Å². The number of amides is 1. The molecule has 1 saturated heterocycles. The van der Waals surface area contributed by atoms with Gasteiger partial charge in [-0.15, -0.1) is 10.2 Å². The molecule has 1 aliphatic rings. The Kier molecular flexibility index (Phi) is 6.35. The molecule has 0 atom stereocenters. The first-order valence-corrected chi connectivity index (χ1v) is 9.09. The molecule has 0 spiro atoms. The van der Waals surface area contributed by atoms with Crippen LogP contribution < -0.4 is 5.32 Å². The van der Waals surface area contributed by atoms with Crippen LogP contribution in [0.25, 0.3) is 11.6 Å². The fraction of sp³-hybridized carbons (Fsp3) is 0.647. The summed E-state index contributed by atoms with van der Waals surface area (Å²) in [5.74, 6) is 0.896. The van der Waals surface area contributed by atoms with Gasteiger partial charge >= 0.3 is 0 Å². The molecule has 9 heteroatoms. The van der Waals surface area contributed by atoms with Gasteiger partial charge in [0.2, 0.25) is 11.8 Å². The predicted octanol–water partition coefficient (Wildman–Crippen LogP) is 0.642. The lowest BCUT2D eigenvalue weighted by Gasteiger charge is -2.26. The largest absolute Gasteiger partial charge is 0.419 e. The fourth-order valence-electron chi connectivity index (χ4n) is 2.90. The molecule has 1 aliphatic heterocycles. The molecule has 0 aromatic carbocycles. The van der Waals surface area contributed by atoms with Crippen LogP contribution in [0.4, 0.5) is 0 Å². The van der Waals surface area contributed by atoms with E-state index in [1.807, 2.05) is 24.6 Å². The highest BCUT2D eigenvalue weighted by Crippen LogP contribution is 2.19. The fourth-order valence-corrected chi connectivity index (χ4v) is 2.90. The summed E-state index contributed by atoms with van der Waals surface area (Å²) in [6.45, 7) is 9.54. The van der Waals surface area contributed by atoms with Crippen LogP contribution in [0.1, 0.15) is 24.9 Å². The summed E-state index contributed by atoms with van der Waals surface area (Å²) in [4.78, 5) is 14.3. The number of hydrogen-bond acceptors (Lipinski definition) is 7. The molecular formula is C17H26N6O3. The average Bonchev–Trinajstić information content (AvgIpc) is 3.27.